The minimum Gasteiger partial charge on any atom is -0.497 e. The minimum atomic E-state index is 0.442. The average Bonchev–Trinajstić information content (AvgIpc) is 2.59. The van der Waals surface area contributed by atoms with E-state index in [0.29, 0.717) is 5.92 Å². The van der Waals surface area contributed by atoms with Crippen molar-refractivity contribution in [3.05, 3.63) is 71.3 Å². The molecule has 0 aliphatic carbocycles. The summed E-state index contributed by atoms with van der Waals surface area (Å²) in [6.45, 7) is 7.47. The highest BCUT2D eigenvalue weighted by Crippen LogP contribution is 2.26. The summed E-state index contributed by atoms with van der Waals surface area (Å²) >= 11 is 0. The molecule has 2 heteroatoms. The van der Waals surface area contributed by atoms with Gasteiger partial charge >= 0.3 is 0 Å². The summed E-state index contributed by atoms with van der Waals surface area (Å²) in [4.78, 5) is 0. The number of hydrogen-bond acceptors (Lipinski definition) is 2. The first-order valence-electron chi connectivity index (χ1n) is 8.45. The highest BCUT2D eigenvalue weighted by molar-refractivity contribution is 5.84. The molecular formula is C22H25NO. The second-order valence-corrected chi connectivity index (χ2v) is 6.57. The Balaban J connectivity index is 1.74. The molecule has 124 valence electrons. The van der Waals surface area contributed by atoms with Crippen LogP contribution in [0.3, 0.4) is 0 Å². The lowest BCUT2D eigenvalue weighted by molar-refractivity contribution is 0.415. The van der Waals surface area contributed by atoms with E-state index in [1.165, 1.54) is 33.2 Å². The second-order valence-electron chi connectivity index (χ2n) is 6.57. The predicted molar refractivity (Wildman–Crippen MR) is 103 cm³/mol. The van der Waals surface area contributed by atoms with E-state index >= 15 is 0 Å². The number of fused-ring (bicyclic) bond motifs is 1. The summed E-state index contributed by atoms with van der Waals surface area (Å²) in [6, 6.07) is 19.5. The van der Waals surface area contributed by atoms with Crippen LogP contribution < -0.4 is 10.1 Å². The lowest BCUT2D eigenvalue weighted by Gasteiger charge is -2.16. The number of rotatable bonds is 5. The predicted octanol–water partition coefficient (Wildman–Crippen LogP) is 5.68. The van der Waals surface area contributed by atoms with E-state index in [2.05, 4.69) is 74.6 Å². The first-order valence-corrected chi connectivity index (χ1v) is 8.45. The zero-order valence-electron chi connectivity index (χ0n) is 14.9. The molecular weight excluding hydrogens is 294 g/mol. The van der Waals surface area contributed by atoms with Gasteiger partial charge in [0.15, 0.2) is 0 Å². The van der Waals surface area contributed by atoms with Gasteiger partial charge in [-0.1, -0.05) is 48.9 Å². The number of anilines is 1. The zero-order chi connectivity index (χ0) is 17.1. The van der Waals surface area contributed by atoms with E-state index in [9.17, 15) is 0 Å². The average molecular weight is 319 g/mol. The van der Waals surface area contributed by atoms with Gasteiger partial charge < -0.3 is 10.1 Å². The Morgan fingerprint density at radius 2 is 1.67 bits per heavy atom. The fraction of sp³-hybridized carbons (Fsp3) is 0.273. The second kappa shape index (κ2) is 6.96. The summed E-state index contributed by atoms with van der Waals surface area (Å²) in [5.74, 6) is 1.34. The van der Waals surface area contributed by atoms with Crippen molar-refractivity contribution in [1.29, 1.82) is 0 Å². The fourth-order valence-electron chi connectivity index (χ4n) is 3.07. The molecule has 3 aromatic rings. The number of ether oxygens (including phenoxy) is 1. The molecule has 0 aromatic heterocycles. The maximum absolute atomic E-state index is 5.30. The highest BCUT2D eigenvalue weighted by atomic mass is 16.5. The largest absolute Gasteiger partial charge is 0.497 e. The first-order chi connectivity index (χ1) is 11.6. The minimum absolute atomic E-state index is 0.442. The summed E-state index contributed by atoms with van der Waals surface area (Å²) in [6.07, 6.45) is 0. The molecule has 0 amide bonds. The van der Waals surface area contributed by atoms with E-state index in [0.717, 1.165) is 12.3 Å². The Kier molecular flexibility index (Phi) is 4.75. The van der Waals surface area contributed by atoms with Crippen molar-refractivity contribution in [1.82, 2.24) is 0 Å². The van der Waals surface area contributed by atoms with Gasteiger partial charge in [0.05, 0.1) is 7.11 Å². The third-order valence-corrected chi connectivity index (χ3v) is 4.62. The maximum Gasteiger partial charge on any atom is 0.119 e. The molecule has 0 heterocycles. The van der Waals surface area contributed by atoms with Crippen molar-refractivity contribution in [3.63, 3.8) is 0 Å². The zero-order valence-corrected chi connectivity index (χ0v) is 14.9. The Hall–Kier alpha value is -2.48. The van der Waals surface area contributed by atoms with Crippen LogP contribution in [0.4, 0.5) is 5.69 Å². The van der Waals surface area contributed by atoms with Crippen LogP contribution in [0.5, 0.6) is 5.75 Å². The topological polar surface area (TPSA) is 21.3 Å². The summed E-state index contributed by atoms with van der Waals surface area (Å²) in [5.41, 5.74) is 5.17. The van der Waals surface area contributed by atoms with Crippen molar-refractivity contribution in [2.45, 2.75) is 26.7 Å². The lowest BCUT2D eigenvalue weighted by Crippen LogP contribution is -2.10. The van der Waals surface area contributed by atoms with Gasteiger partial charge in [-0.15, -0.1) is 0 Å². The van der Waals surface area contributed by atoms with Crippen LogP contribution in [0, 0.1) is 13.8 Å². The third-order valence-electron chi connectivity index (χ3n) is 4.62. The molecule has 1 atom stereocenters. The van der Waals surface area contributed by atoms with Crippen LogP contribution in [0.15, 0.2) is 54.6 Å². The van der Waals surface area contributed by atoms with Gasteiger partial charge in [0.25, 0.3) is 0 Å². The quantitative estimate of drug-likeness (QED) is 0.653. The third kappa shape index (κ3) is 3.53. The van der Waals surface area contributed by atoms with Crippen LogP contribution in [-0.2, 0) is 0 Å². The highest BCUT2D eigenvalue weighted by Gasteiger charge is 2.08. The van der Waals surface area contributed by atoms with Gasteiger partial charge in [0.1, 0.15) is 5.75 Å². The molecule has 0 aliphatic rings. The lowest BCUT2D eigenvalue weighted by atomic mass is 9.97. The molecule has 0 radical (unpaired) electrons. The van der Waals surface area contributed by atoms with Crippen LogP contribution in [0.2, 0.25) is 0 Å². The van der Waals surface area contributed by atoms with Crippen molar-refractivity contribution in [3.8, 4) is 5.75 Å². The first kappa shape index (κ1) is 16.4. The van der Waals surface area contributed by atoms with Gasteiger partial charge in [-0.25, -0.2) is 0 Å². The number of aryl methyl sites for hydroxylation is 2. The molecule has 2 nitrogen and oxygen atoms in total. The number of nitrogens with one attached hydrogen (secondary N) is 1. The van der Waals surface area contributed by atoms with Crippen molar-refractivity contribution in [2.75, 3.05) is 19.0 Å². The summed E-state index contributed by atoms with van der Waals surface area (Å²) in [7, 11) is 1.70. The molecule has 0 aliphatic heterocycles. The van der Waals surface area contributed by atoms with E-state index < -0.39 is 0 Å². The van der Waals surface area contributed by atoms with Crippen molar-refractivity contribution >= 4 is 16.5 Å². The monoisotopic (exact) mass is 319 g/mol. The van der Waals surface area contributed by atoms with Gasteiger partial charge in [-0.05, 0) is 59.9 Å². The Morgan fingerprint density at radius 3 is 2.42 bits per heavy atom. The van der Waals surface area contributed by atoms with Crippen LogP contribution in [0.25, 0.3) is 10.8 Å². The van der Waals surface area contributed by atoms with Crippen LogP contribution in [0.1, 0.15) is 29.5 Å². The van der Waals surface area contributed by atoms with Crippen molar-refractivity contribution in [2.24, 2.45) is 0 Å². The summed E-state index contributed by atoms with van der Waals surface area (Å²) in [5, 5.41) is 6.06. The van der Waals surface area contributed by atoms with Crippen LogP contribution >= 0.6 is 0 Å². The fourth-order valence-corrected chi connectivity index (χ4v) is 3.07. The standard InChI is InChI=1S/C22H25NO/c1-15-5-10-22(16(2)11-15)23-14-17(3)18-6-7-20-13-21(24-4)9-8-19(20)12-18/h5-13,17,23H,14H2,1-4H3. The normalized spacial score (nSPS) is 12.2. The summed E-state index contributed by atoms with van der Waals surface area (Å²) < 4.78 is 5.30. The number of methoxy groups -OCH3 is 1. The smallest absolute Gasteiger partial charge is 0.119 e. The van der Waals surface area contributed by atoms with E-state index in [-0.39, 0.29) is 0 Å². The van der Waals surface area contributed by atoms with Gasteiger partial charge in [0.2, 0.25) is 0 Å². The van der Waals surface area contributed by atoms with Gasteiger partial charge in [-0.3, -0.25) is 0 Å². The Labute approximate surface area is 144 Å². The molecule has 1 N–H and O–H groups in total. The molecule has 0 fully saturated rings. The van der Waals surface area contributed by atoms with Gasteiger partial charge in [0, 0.05) is 12.2 Å². The van der Waals surface area contributed by atoms with Gasteiger partial charge in [-0.2, -0.15) is 0 Å². The molecule has 3 rings (SSSR count). The number of benzene rings is 3. The molecule has 0 saturated heterocycles. The SMILES string of the molecule is COc1ccc2cc(C(C)CNc3ccc(C)cc3C)ccc2c1. The molecule has 24 heavy (non-hydrogen) atoms. The van der Waals surface area contributed by atoms with Crippen molar-refractivity contribution < 1.29 is 4.74 Å². The molecule has 0 bridgehead atoms. The van der Waals surface area contributed by atoms with Crippen LogP contribution in [-0.4, -0.2) is 13.7 Å². The number of hydrogen-bond donors (Lipinski definition) is 1. The molecule has 0 saturated carbocycles. The van der Waals surface area contributed by atoms with E-state index in [4.69, 9.17) is 4.74 Å². The van der Waals surface area contributed by atoms with E-state index in [1.807, 2.05) is 6.07 Å². The molecule has 0 spiro atoms. The maximum atomic E-state index is 5.30. The van der Waals surface area contributed by atoms with E-state index in [1.54, 1.807) is 7.11 Å². The Morgan fingerprint density at radius 1 is 0.917 bits per heavy atom. The molecule has 1 unspecified atom stereocenters. The Bertz CT molecular complexity index is 854. The molecule has 3 aromatic carbocycles.